The van der Waals surface area contributed by atoms with Gasteiger partial charge in [-0.2, -0.15) is 4.98 Å². The topological polar surface area (TPSA) is 84.1 Å². The van der Waals surface area contributed by atoms with E-state index in [4.69, 9.17) is 4.42 Å². The van der Waals surface area contributed by atoms with Crippen molar-refractivity contribution in [3.63, 3.8) is 0 Å². The minimum Gasteiger partial charge on any atom is -0.508 e. The summed E-state index contributed by atoms with van der Waals surface area (Å²) in [4.78, 5) is 12.8. The molecule has 4 aromatic rings. The first-order chi connectivity index (χ1) is 11.3. The molecule has 2 N–H and O–H groups in total. The number of phenols is 1. The summed E-state index contributed by atoms with van der Waals surface area (Å²) >= 11 is 0. The van der Waals surface area contributed by atoms with Gasteiger partial charge in [-0.15, -0.1) is 0 Å². The fraction of sp³-hybridized carbons (Fsp3) is 0. The number of aromatic hydroxyl groups is 1. The first-order valence-corrected chi connectivity index (χ1v) is 7.02. The lowest BCUT2D eigenvalue weighted by atomic mass is 10.2. The van der Waals surface area contributed by atoms with E-state index in [1.54, 1.807) is 24.3 Å². The molecule has 0 fully saturated rings. The molecule has 0 amide bonds. The van der Waals surface area contributed by atoms with Crippen LogP contribution in [0.15, 0.2) is 65.3 Å². The van der Waals surface area contributed by atoms with Crippen molar-refractivity contribution in [1.29, 1.82) is 0 Å². The van der Waals surface area contributed by atoms with Crippen LogP contribution in [0.1, 0.15) is 0 Å². The quantitative estimate of drug-likeness (QED) is 0.561. The average Bonchev–Trinajstić information content (AvgIpc) is 3.03. The number of nitrogens with zero attached hydrogens (tertiary/aromatic N) is 3. The van der Waals surface area contributed by atoms with Gasteiger partial charge in [0.05, 0.1) is 0 Å². The Balaban J connectivity index is 1.75. The van der Waals surface area contributed by atoms with Crippen LogP contribution in [0.2, 0.25) is 0 Å². The van der Waals surface area contributed by atoms with Crippen LogP contribution in [0, 0.1) is 0 Å². The average molecular weight is 304 g/mol. The molecule has 2 heterocycles. The maximum Gasteiger partial charge on any atom is 0.252 e. The van der Waals surface area contributed by atoms with E-state index >= 15 is 0 Å². The van der Waals surface area contributed by atoms with E-state index in [1.165, 1.54) is 6.33 Å². The van der Waals surface area contributed by atoms with Crippen molar-refractivity contribution in [2.24, 2.45) is 0 Å². The van der Waals surface area contributed by atoms with Crippen molar-refractivity contribution < 1.29 is 9.52 Å². The number of nitrogens with one attached hydrogen (secondary N) is 1. The molecule has 2 aromatic heterocycles. The van der Waals surface area contributed by atoms with E-state index in [-0.39, 0.29) is 5.75 Å². The molecule has 0 aliphatic rings. The largest absolute Gasteiger partial charge is 0.508 e. The van der Waals surface area contributed by atoms with Gasteiger partial charge in [-0.05, 0) is 36.4 Å². The highest BCUT2D eigenvalue weighted by Gasteiger charge is 2.13. The molecule has 0 bridgehead atoms. The van der Waals surface area contributed by atoms with E-state index in [1.807, 2.05) is 30.3 Å². The molecule has 0 saturated carbocycles. The van der Waals surface area contributed by atoms with Crippen LogP contribution >= 0.6 is 0 Å². The molecule has 0 saturated heterocycles. The maximum atomic E-state index is 9.34. The van der Waals surface area contributed by atoms with Crippen molar-refractivity contribution in [3.8, 4) is 17.2 Å². The third kappa shape index (κ3) is 2.57. The summed E-state index contributed by atoms with van der Waals surface area (Å²) in [5, 5.41) is 12.5. The van der Waals surface area contributed by atoms with Gasteiger partial charge in [0.15, 0.2) is 11.3 Å². The fourth-order valence-electron chi connectivity index (χ4n) is 2.23. The van der Waals surface area contributed by atoms with E-state index in [0.29, 0.717) is 22.9 Å². The second kappa shape index (κ2) is 5.42. The number of fused-ring (bicyclic) bond motifs is 1. The molecular formula is C17H12N4O2. The van der Waals surface area contributed by atoms with Crippen molar-refractivity contribution in [3.05, 3.63) is 60.9 Å². The summed E-state index contributed by atoms with van der Waals surface area (Å²) in [6, 6.07) is 16.3. The van der Waals surface area contributed by atoms with Crippen molar-refractivity contribution >= 4 is 22.7 Å². The second-order valence-electron chi connectivity index (χ2n) is 4.93. The van der Waals surface area contributed by atoms with Crippen molar-refractivity contribution in [2.75, 3.05) is 5.32 Å². The van der Waals surface area contributed by atoms with Gasteiger partial charge < -0.3 is 14.8 Å². The molecule has 6 nitrogen and oxygen atoms in total. The van der Waals surface area contributed by atoms with Gasteiger partial charge in [0.25, 0.3) is 5.71 Å². The predicted octanol–water partition coefficient (Wildman–Crippen LogP) is 3.73. The number of rotatable bonds is 3. The Bertz CT molecular complexity index is 949. The monoisotopic (exact) mass is 304 g/mol. The Morgan fingerprint density at radius 2 is 1.70 bits per heavy atom. The Labute approximate surface area is 131 Å². The molecule has 4 rings (SSSR count). The van der Waals surface area contributed by atoms with Gasteiger partial charge in [0.1, 0.15) is 12.1 Å². The summed E-state index contributed by atoms with van der Waals surface area (Å²) in [6.07, 6.45) is 1.42. The minimum absolute atomic E-state index is 0.205. The van der Waals surface area contributed by atoms with Crippen LogP contribution in [0.5, 0.6) is 5.75 Å². The third-order valence-corrected chi connectivity index (χ3v) is 3.35. The molecule has 0 spiro atoms. The molecule has 0 aliphatic carbocycles. The van der Waals surface area contributed by atoms with Gasteiger partial charge in [0, 0.05) is 11.3 Å². The van der Waals surface area contributed by atoms with Gasteiger partial charge in [-0.3, -0.25) is 0 Å². The molecule has 23 heavy (non-hydrogen) atoms. The summed E-state index contributed by atoms with van der Waals surface area (Å²) in [5.74, 6) is 1.25. The zero-order valence-corrected chi connectivity index (χ0v) is 12.0. The molecule has 112 valence electrons. The zero-order chi connectivity index (χ0) is 15.6. The Kier molecular flexibility index (Phi) is 3.12. The normalized spacial score (nSPS) is 10.8. The van der Waals surface area contributed by atoms with Crippen LogP contribution in [-0.2, 0) is 0 Å². The summed E-state index contributed by atoms with van der Waals surface area (Å²) < 4.78 is 5.71. The Hall–Kier alpha value is -3.41. The van der Waals surface area contributed by atoms with E-state index in [9.17, 15) is 5.11 Å². The van der Waals surface area contributed by atoms with Crippen molar-refractivity contribution in [2.45, 2.75) is 0 Å². The Morgan fingerprint density at radius 1 is 0.913 bits per heavy atom. The van der Waals surface area contributed by atoms with Gasteiger partial charge in [-0.25, -0.2) is 9.97 Å². The molecule has 2 aromatic carbocycles. The summed E-state index contributed by atoms with van der Waals surface area (Å²) in [5.41, 5.74) is 2.63. The van der Waals surface area contributed by atoms with Crippen LogP contribution in [0.25, 0.3) is 22.7 Å². The highest BCUT2D eigenvalue weighted by atomic mass is 16.4. The second-order valence-corrected chi connectivity index (χ2v) is 4.93. The van der Waals surface area contributed by atoms with E-state index in [2.05, 4.69) is 20.3 Å². The Morgan fingerprint density at radius 3 is 2.48 bits per heavy atom. The van der Waals surface area contributed by atoms with Gasteiger partial charge >= 0.3 is 0 Å². The summed E-state index contributed by atoms with van der Waals surface area (Å²) in [7, 11) is 0. The highest BCUT2D eigenvalue weighted by molar-refractivity contribution is 5.85. The van der Waals surface area contributed by atoms with Gasteiger partial charge in [-0.1, -0.05) is 18.2 Å². The first-order valence-electron chi connectivity index (χ1n) is 7.02. The molecule has 6 heteroatoms. The summed E-state index contributed by atoms with van der Waals surface area (Å²) in [6.45, 7) is 0. The molecule has 0 radical (unpaired) electrons. The number of aromatic nitrogens is 3. The maximum absolute atomic E-state index is 9.34. The minimum atomic E-state index is 0.205. The molecular weight excluding hydrogens is 292 g/mol. The van der Waals surface area contributed by atoms with Crippen LogP contribution in [-0.4, -0.2) is 20.1 Å². The molecule has 0 atom stereocenters. The smallest absolute Gasteiger partial charge is 0.252 e. The number of oxazole rings is 1. The van der Waals surface area contributed by atoms with Crippen LogP contribution in [0.3, 0.4) is 0 Å². The number of benzene rings is 2. The lowest BCUT2D eigenvalue weighted by Crippen LogP contribution is -1.95. The SMILES string of the molecule is Oc1ccc(Nc2ncnc3oc(-c4ccccc4)nc23)cc1. The first kappa shape index (κ1) is 13.3. The predicted molar refractivity (Wildman–Crippen MR) is 86.4 cm³/mol. The van der Waals surface area contributed by atoms with E-state index in [0.717, 1.165) is 11.3 Å². The zero-order valence-electron chi connectivity index (χ0n) is 12.0. The van der Waals surface area contributed by atoms with Gasteiger partial charge in [0.2, 0.25) is 5.89 Å². The standard InChI is InChI=1S/C17H12N4O2/c22-13-8-6-12(7-9-13)20-15-14-17(19-10-18-15)23-16(21-14)11-4-2-1-3-5-11/h1-10,22H,(H,18,19,20). The number of hydrogen-bond acceptors (Lipinski definition) is 6. The lowest BCUT2D eigenvalue weighted by Gasteiger charge is -2.04. The molecule has 0 unspecified atom stereocenters. The molecule has 0 aliphatic heterocycles. The number of phenolic OH excluding ortho intramolecular Hbond substituents is 1. The fourth-order valence-corrected chi connectivity index (χ4v) is 2.23. The van der Waals surface area contributed by atoms with Crippen LogP contribution < -0.4 is 5.32 Å². The third-order valence-electron chi connectivity index (χ3n) is 3.35. The van der Waals surface area contributed by atoms with E-state index < -0.39 is 0 Å². The van der Waals surface area contributed by atoms with Crippen molar-refractivity contribution in [1.82, 2.24) is 15.0 Å². The highest BCUT2D eigenvalue weighted by Crippen LogP contribution is 2.28. The number of anilines is 2. The lowest BCUT2D eigenvalue weighted by molar-refractivity contribution is 0.475. The van der Waals surface area contributed by atoms with Crippen LogP contribution in [0.4, 0.5) is 11.5 Å². The number of hydrogen-bond donors (Lipinski definition) is 2.